The van der Waals surface area contributed by atoms with Gasteiger partial charge in [0, 0.05) is 41.3 Å². The van der Waals surface area contributed by atoms with Crippen molar-refractivity contribution < 1.29 is 4.74 Å². The third-order valence-corrected chi connectivity index (χ3v) is 5.61. The van der Waals surface area contributed by atoms with Crippen molar-refractivity contribution in [2.75, 3.05) is 20.7 Å². The zero-order valence-corrected chi connectivity index (χ0v) is 16.8. The van der Waals surface area contributed by atoms with Crippen LogP contribution in [0.15, 0.2) is 54.7 Å². The molecule has 1 aliphatic rings. The highest BCUT2D eigenvalue weighted by atomic mass is 35.5. The summed E-state index contributed by atoms with van der Waals surface area (Å²) >= 11 is 12.8. The number of hydrogen-bond donors (Lipinski definition) is 0. The van der Waals surface area contributed by atoms with Gasteiger partial charge in [0.25, 0.3) is 0 Å². The summed E-state index contributed by atoms with van der Waals surface area (Å²) in [5.41, 5.74) is 5.84. The number of fused-ring (bicyclic) bond motifs is 1. The number of rotatable bonds is 3. The largest absolute Gasteiger partial charge is 0.481 e. The zero-order valence-electron chi connectivity index (χ0n) is 15.2. The fourth-order valence-electron chi connectivity index (χ4n) is 3.77. The van der Waals surface area contributed by atoms with Crippen molar-refractivity contribution in [1.82, 2.24) is 9.88 Å². The van der Waals surface area contributed by atoms with Crippen LogP contribution in [0.1, 0.15) is 22.6 Å². The Balaban J connectivity index is 1.79. The molecule has 2 heterocycles. The Bertz CT molecular complexity index is 990. The predicted octanol–water partition coefficient (Wildman–Crippen LogP) is 5.64. The number of pyridine rings is 1. The molecule has 3 aromatic rings. The average Bonchev–Trinajstić information content (AvgIpc) is 2.68. The minimum absolute atomic E-state index is 0.221. The van der Waals surface area contributed by atoms with Crippen molar-refractivity contribution in [2.24, 2.45) is 0 Å². The molecule has 0 spiro atoms. The second-order valence-electron chi connectivity index (χ2n) is 6.92. The lowest BCUT2D eigenvalue weighted by molar-refractivity contribution is 0.295. The van der Waals surface area contributed by atoms with Gasteiger partial charge in [0.05, 0.1) is 7.11 Å². The third-order valence-electron chi connectivity index (χ3n) is 5.06. The van der Waals surface area contributed by atoms with E-state index in [4.69, 9.17) is 27.9 Å². The number of likely N-dealkylation sites (N-methyl/N-ethyl adjacent to an activating group) is 1. The molecule has 0 bridgehead atoms. The molecule has 0 saturated heterocycles. The summed E-state index contributed by atoms with van der Waals surface area (Å²) in [5.74, 6) is 0.831. The monoisotopic (exact) mass is 398 g/mol. The molecule has 5 heteroatoms. The van der Waals surface area contributed by atoms with E-state index >= 15 is 0 Å². The number of halogens is 2. The number of aromatic nitrogens is 1. The average molecular weight is 399 g/mol. The molecule has 0 saturated carbocycles. The summed E-state index contributed by atoms with van der Waals surface area (Å²) < 4.78 is 5.26. The molecule has 3 nitrogen and oxygen atoms in total. The molecule has 0 unspecified atom stereocenters. The summed E-state index contributed by atoms with van der Waals surface area (Å²) in [6.07, 6.45) is 1.77. The predicted molar refractivity (Wildman–Crippen MR) is 111 cm³/mol. The second kappa shape index (κ2) is 7.51. The Labute approximate surface area is 169 Å². The van der Waals surface area contributed by atoms with Crippen LogP contribution in [0.5, 0.6) is 5.88 Å². The molecule has 0 radical (unpaired) electrons. The van der Waals surface area contributed by atoms with Gasteiger partial charge in [-0.2, -0.15) is 0 Å². The summed E-state index contributed by atoms with van der Waals surface area (Å²) in [4.78, 5) is 6.50. The van der Waals surface area contributed by atoms with Gasteiger partial charge in [0.2, 0.25) is 5.88 Å². The van der Waals surface area contributed by atoms with Crippen LogP contribution in [0.3, 0.4) is 0 Å². The van der Waals surface area contributed by atoms with Crippen molar-refractivity contribution in [3.63, 3.8) is 0 Å². The molecule has 0 fully saturated rings. The Morgan fingerprint density at radius 3 is 2.70 bits per heavy atom. The number of hydrogen-bond acceptors (Lipinski definition) is 3. The van der Waals surface area contributed by atoms with E-state index in [0.717, 1.165) is 34.8 Å². The van der Waals surface area contributed by atoms with Gasteiger partial charge >= 0.3 is 0 Å². The SMILES string of the molecule is COc1cc(-c2cccc([C@@H]3CN(C)Cc4c(Cl)cc(Cl)cc43)c2)ccn1. The highest BCUT2D eigenvalue weighted by Crippen LogP contribution is 2.39. The number of methoxy groups -OCH3 is 1. The molecule has 0 N–H and O–H groups in total. The molecule has 27 heavy (non-hydrogen) atoms. The first kappa shape index (κ1) is 18.3. The molecule has 4 rings (SSSR count). The van der Waals surface area contributed by atoms with Crippen LogP contribution in [0.4, 0.5) is 0 Å². The Hall–Kier alpha value is -2.07. The van der Waals surface area contributed by atoms with Crippen molar-refractivity contribution in [2.45, 2.75) is 12.5 Å². The zero-order chi connectivity index (χ0) is 19.0. The number of nitrogens with zero attached hydrogens (tertiary/aromatic N) is 2. The molecule has 2 aromatic carbocycles. The van der Waals surface area contributed by atoms with E-state index in [0.29, 0.717) is 10.9 Å². The van der Waals surface area contributed by atoms with Crippen LogP contribution in [0.25, 0.3) is 11.1 Å². The van der Waals surface area contributed by atoms with E-state index in [2.05, 4.69) is 47.3 Å². The van der Waals surface area contributed by atoms with Gasteiger partial charge in [-0.25, -0.2) is 4.98 Å². The summed E-state index contributed by atoms with van der Waals surface area (Å²) in [7, 11) is 3.75. The van der Waals surface area contributed by atoms with Crippen molar-refractivity contribution >= 4 is 23.2 Å². The lowest BCUT2D eigenvalue weighted by Crippen LogP contribution is -2.31. The summed E-state index contributed by atoms with van der Waals surface area (Å²) in [6, 6.07) is 16.4. The van der Waals surface area contributed by atoms with Crippen LogP contribution in [-0.2, 0) is 6.54 Å². The molecule has 1 atom stereocenters. The number of ether oxygens (including phenoxy) is 1. The molecule has 138 valence electrons. The third kappa shape index (κ3) is 3.68. The first-order valence-corrected chi connectivity index (χ1v) is 9.57. The smallest absolute Gasteiger partial charge is 0.213 e. The molecular weight excluding hydrogens is 379 g/mol. The van der Waals surface area contributed by atoms with Crippen LogP contribution < -0.4 is 4.74 Å². The fourth-order valence-corrected chi connectivity index (χ4v) is 4.34. The van der Waals surface area contributed by atoms with Gasteiger partial charge in [-0.1, -0.05) is 47.5 Å². The van der Waals surface area contributed by atoms with E-state index in [1.165, 1.54) is 11.1 Å². The maximum absolute atomic E-state index is 6.49. The Morgan fingerprint density at radius 2 is 1.89 bits per heavy atom. The van der Waals surface area contributed by atoms with Crippen molar-refractivity contribution in [3.8, 4) is 17.0 Å². The normalized spacial score (nSPS) is 16.8. The van der Waals surface area contributed by atoms with Gasteiger partial charge in [0.15, 0.2) is 0 Å². The van der Waals surface area contributed by atoms with Gasteiger partial charge in [-0.3, -0.25) is 0 Å². The first-order chi connectivity index (χ1) is 13.0. The van der Waals surface area contributed by atoms with E-state index in [1.54, 1.807) is 13.3 Å². The topological polar surface area (TPSA) is 25.4 Å². The van der Waals surface area contributed by atoms with E-state index < -0.39 is 0 Å². The quantitative estimate of drug-likeness (QED) is 0.570. The maximum atomic E-state index is 6.49. The Kier molecular flexibility index (Phi) is 5.09. The van der Waals surface area contributed by atoms with Gasteiger partial charge in [0.1, 0.15) is 0 Å². The molecular formula is C22H20Cl2N2O. The van der Waals surface area contributed by atoms with Crippen LogP contribution in [0, 0.1) is 0 Å². The highest BCUT2D eigenvalue weighted by molar-refractivity contribution is 6.35. The van der Waals surface area contributed by atoms with Crippen LogP contribution in [0.2, 0.25) is 10.0 Å². The summed E-state index contributed by atoms with van der Waals surface area (Å²) in [5, 5.41) is 1.42. The van der Waals surface area contributed by atoms with Crippen LogP contribution in [-0.4, -0.2) is 30.6 Å². The van der Waals surface area contributed by atoms with Crippen molar-refractivity contribution in [3.05, 3.63) is 81.5 Å². The minimum atomic E-state index is 0.221. The standard InChI is InChI=1S/C22H20Cl2N2O/c1-26-12-19(18-10-17(23)11-21(24)20(18)13-26)16-5-3-4-14(8-16)15-6-7-25-22(9-15)27-2/h3-11,19H,12-13H2,1-2H3/t19-/m0/s1. The molecule has 0 amide bonds. The van der Waals surface area contributed by atoms with Crippen LogP contribution >= 0.6 is 23.2 Å². The second-order valence-corrected chi connectivity index (χ2v) is 7.76. The highest BCUT2D eigenvalue weighted by Gasteiger charge is 2.27. The van der Waals surface area contributed by atoms with E-state index in [1.807, 2.05) is 18.2 Å². The minimum Gasteiger partial charge on any atom is -0.481 e. The molecule has 1 aromatic heterocycles. The lowest BCUT2D eigenvalue weighted by Gasteiger charge is -2.33. The first-order valence-electron chi connectivity index (χ1n) is 8.82. The fraction of sp³-hybridized carbons (Fsp3) is 0.227. The van der Waals surface area contributed by atoms with E-state index in [9.17, 15) is 0 Å². The maximum Gasteiger partial charge on any atom is 0.213 e. The van der Waals surface area contributed by atoms with Gasteiger partial charge < -0.3 is 9.64 Å². The lowest BCUT2D eigenvalue weighted by atomic mass is 9.84. The van der Waals surface area contributed by atoms with Gasteiger partial charge in [-0.05, 0) is 53.1 Å². The molecule has 0 aliphatic carbocycles. The Morgan fingerprint density at radius 1 is 1.07 bits per heavy atom. The van der Waals surface area contributed by atoms with E-state index in [-0.39, 0.29) is 5.92 Å². The molecule has 1 aliphatic heterocycles. The number of benzene rings is 2. The summed E-state index contributed by atoms with van der Waals surface area (Å²) in [6.45, 7) is 1.76. The van der Waals surface area contributed by atoms with Crippen molar-refractivity contribution in [1.29, 1.82) is 0 Å². The van der Waals surface area contributed by atoms with Gasteiger partial charge in [-0.15, -0.1) is 0 Å².